The summed E-state index contributed by atoms with van der Waals surface area (Å²) in [6, 6.07) is 0. The highest BCUT2D eigenvalue weighted by Gasteiger charge is 2.13. The Bertz CT molecular complexity index is 73.5. The van der Waals surface area contributed by atoms with E-state index in [2.05, 4.69) is 6.92 Å². The topological polar surface area (TPSA) is 18.5 Å². The first kappa shape index (κ1) is 8.88. The molecule has 0 rings (SSSR count). The Morgan fingerprint density at radius 1 is 1.33 bits per heavy atom. The van der Waals surface area contributed by atoms with E-state index in [-0.39, 0.29) is 4.81 Å². The molecular formula is C6H16NO2+. The van der Waals surface area contributed by atoms with Crippen LogP contribution >= 0.6 is 0 Å². The van der Waals surface area contributed by atoms with Gasteiger partial charge in [-0.3, -0.25) is 0 Å². The molecule has 0 bridgehead atoms. The van der Waals surface area contributed by atoms with Crippen molar-refractivity contribution in [3.63, 3.8) is 0 Å². The van der Waals surface area contributed by atoms with Crippen LogP contribution in [0.2, 0.25) is 0 Å². The van der Waals surface area contributed by atoms with E-state index in [0.29, 0.717) is 0 Å². The predicted octanol–water partition coefficient (Wildman–Crippen LogP) is 0.966. The van der Waals surface area contributed by atoms with E-state index in [4.69, 9.17) is 9.68 Å². The second-order valence-electron chi connectivity index (χ2n) is 2.27. The molecule has 0 aliphatic carbocycles. The molecule has 0 saturated carbocycles. The maximum atomic E-state index is 5.24. The van der Waals surface area contributed by atoms with Crippen molar-refractivity contribution in [1.82, 2.24) is 0 Å². The summed E-state index contributed by atoms with van der Waals surface area (Å²) in [5, 5.41) is 0. The lowest BCUT2D eigenvalue weighted by atomic mass is 10.5. The van der Waals surface area contributed by atoms with Gasteiger partial charge in [-0.05, 0) is 11.2 Å². The van der Waals surface area contributed by atoms with Crippen LogP contribution in [-0.4, -0.2) is 32.6 Å². The van der Waals surface area contributed by atoms with Crippen molar-refractivity contribution in [3.05, 3.63) is 0 Å². The molecule has 3 nitrogen and oxygen atoms in total. The van der Waals surface area contributed by atoms with E-state index in [1.54, 1.807) is 7.11 Å². The van der Waals surface area contributed by atoms with Crippen LogP contribution in [0.5, 0.6) is 0 Å². The van der Waals surface area contributed by atoms with Gasteiger partial charge in [0.05, 0.1) is 7.11 Å². The first-order valence-electron chi connectivity index (χ1n) is 3.16. The molecule has 0 saturated heterocycles. The number of hydrogen-bond donors (Lipinski definition) is 0. The van der Waals surface area contributed by atoms with Gasteiger partial charge in [0, 0.05) is 0 Å². The number of nitrogens with zero attached hydrogens (tertiary/aromatic N) is 1. The van der Waals surface area contributed by atoms with Gasteiger partial charge in [0.15, 0.2) is 0 Å². The number of hydroxylamine groups is 4. The molecule has 0 aromatic carbocycles. The fourth-order valence-corrected chi connectivity index (χ4v) is 0.364. The number of rotatable bonds is 4. The van der Waals surface area contributed by atoms with Crippen molar-refractivity contribution in [2.45, 2.75) is 13.3 Å². The van der Waals surface area contributed by atoms with Crippen molar-refractivity contribution in [3.8, 4) is 0 Å². The number of quaternary nitrogens is 1. The maximum absolute atomic E-state index is 5.24. The second-order valence-corrected chi connectivity index (χ2v) is 2.27. The molecule has 0 atom stereocenters. The molecule has 0 aromatic heterocycles. The summed E-state index contributed by atoms with van der Waals surface area (Å²) < 4.78 is 0. The highest BCUT2D eigenvalue weighted by Crippen LogP contribution is 1.98. The molecule has 0 heterocycles. The minimum atomic E-state index is 0.174. The van der Waals surface area contributed by atoms with Crippen molar-refractivity contribution < 1.29 is 14.5 Å². The van der Waals surface area contributed by atoms with Crippen molar-refractivity contribution in [2.24, 2.45) is 0 Å². The van der Waals surface area contributed by atoms with Crippen LogP contribution < -0.4 is 0 Å². The lowest BCUT2D eigenvalue weighted by molar-refractivity contribution is -1.22. The van der Waals surface area contributed by atoms with Gasteiger partial charge in [-0.25, -0.2) is 0 Å². The summed E-state index contributed by atoms with van der Waals surface area (Å²) in [4.78, 5) is 10.4. The fraction of sp³-hybridized carbons (Fsp3) is 1.00. The van der Waals surface area contributed by atoms with Gasteiger partial charge < -0.3 is 0 Å². The predicted molar refractivity (Wildman–Crippen MR) is 35.4 cm³/mol. The molecule has 0 N–H and O–H groups in total. The average Bonchev–Trinajstić information content (AvgIpc) is 1.84. The van der Waals surface area contributed by atoms with Crippen LogP contribution in [0, 0.1) is 0 Å². The zero-order valence-corrected chi connectivity index (χ0v) is 6.68. The first-order chi connectivity index (χ1) is 4.12. The third-order valence-corrected chi connectivity index (χ3v) is 1.05. The van der Waals surface area contributed by atoms with Gasteiger partial charge in [-0.15, -0.1) is 0 Å². The van der Waals surface area contributed by atoms with E-state index >= 15 is 0 Å². The summed E-state index contributed by atoms with van der Waals surface area (Å²) in [7, 11) is 5.31. The standard InChI is InChI=1S/C6H16NO2/c1-5-6-9-7(2,3)8-4/h5-6H2,1-4H3/q+1. The van der Waals surface area contributed by atoms with Crippen molar-refractivity contribution in [2.75, 3.05) is 27.8 Å². The van der Waals surface area contributed by atoms with Crippen LogP contribution in [0.15, 0.2) is 0 Å². The third kappa shape index (κ3) is 4.39. The van der Waals surface area contributed by atoms with E-state index in [9.17, 15) is 0 Å². The Balaban J connectivity index is 3.33. The second kappa shape index (κ2) is 3.82. The van der Waals surface area contributed by atoms with E-state index < -0.39 is 0 Å². The molecule has 3 heteroatoms. The van der Waals surface area contributed by atoms with Gasteiger partial charge in [0.1, 0.15) is 20.7 Å². The molecular weight excluding hydrogens is 118 g/mol. The summed E-state index contributed by atoms with van der Waals surface area (Å²) in [6.07, 6.45) is 1.02. The zero-order chi connectivity index (χ0) is 7.33. The molecule has 0 aliphatic heterocycles. The van der Waals surface area contributed by atoms with Gasteiger partial charge in [-0.2, -0.15) is 9.68 Å². The fourth-order valence-electron chi connectivity index (χ4n) is 0.364. The van der Waals surface area contributed by atoms with E-state index in [1.807, 2.05) is 14.1 Å². The average molecular weight is 134 g/mol. The molecule has 0 spiro atoms. The van der Waals surface area contributed by atoms with Gasteiger partial charge in [0.25, 0.3) is 0 Å². The molecule has 0 aliphatic rings. The van der Waals surface area contributed by atoms with Crippen LogP contribution in [-0.2, 0) is 9.68 Å². The summed E-state index contributed by atoms with van der Waals surface area (Å²) in [5.74, 6) is 0. The summed E-state index contributed by atoms with van der Waals surface area (Å²) >= 11 is 0. The first-order valence-corrected chi connectivity index (χ1v) is 3.16. The minimum Gasteiger partial charge on any atom is -0.172 e. The quantitative estimate of drug-likeness (QED) is 0.421. The Morgan fingerprint density at radius 3 is 2.22 bits per heavy atom. The van der Waals surface area contributed by atoms with Crippen LogP contribution in [0.25, 0.3) is 0 Å². The zero-order valence-electron chi connectivity index (χ0n) is 6.68. The van der Waals surface area contributed by atoms with E-state index in [0.717, 1.165) is 13.0 Å². The van der Waals surface area contributed by atoms with Gasteiger partial charge >= 0.3 is 0 Å². The molecule has 0 unspecified atom stereocenters. The minimum absolute atomic E-state index is 0.174. The molecule has 9 heavy (non-hydrogen) atoms. The van der Waals surface area contributed by atoms with E-state index in [1.165, 1.54) is 0 Å². The summed E-state index contributed by atoms with van der Waals surface area (Å²) in [6.45, 7) is 2.80. The van der Waals surface area contributed by atoms with Crippen LogP contribution in [0.4, 0.5) is 0 Å². The highest BCUT2D eigenvalue weighted by atomic mass is 17.0. The van der Waals surface area contributed by atoms with Crippen molar-refractivity contribution in [1.29, 1.82) is 0 Å². The van der Waals surface area contributed by atoms with Gasteiger partial charge in [0.2, 0.25) is 0 Å². The molecule has 0 amide bonds. The molecule has 0 fully saturated rings. The lowest BCUT2D eigenvalue weighted by Crippen LogP contribution is -2.38. The maximum Gasteiger partial charge on any atom is 0.132 e. The Morgan fingerprint density at radius 2 is 1.89 bits per heavy atom. The molecule has 0 aromatic rings. The SMILES string of the molecule is CCCO[N+](C)(C)OC. The van der Waals surface area contributed by atoms with Gasteiger partial charge in [-0.1, -0.05) is 6.92 Å². The monoisotopic (exact) mass is 134 g/mol. The van der Waals surface area contributed by atoms with Crippen LogP contribution in [0.1, 0.15) is 13.3 Å². The number of hydrogen-bond acceptors (Lipinski definition) is 2. The highest BCUT2D eigenvalue weighted by molar-refractivity contribution is 4.13. The summed E-state index contributed by atoms with van der Waals surface area (Å²) in [5.41, 5.74) is 0. The Hall–Kier alpha value is -0.120. The van der Waals surface area contributed by atoms with Crippen LogP contribution in [0.3, 0.4) is 0 Å². The van der Waals surface area contributed by atoms with Crippen molar-refractivity contribution >= 4 is 0 Å². The normalized spacial score (nSPS) is 12.0. The third-order valence-electron chi connectivity index (χ3n) is 1.05. The molecule has 56 valence electrons. The smallest absolute Gasteiger partial charge is 0.132 e. The molecule has 0 radical (unpaired) electrons. The Kier molecular flexibility index (Phi) is 3.77. The Labute approximate surface area is 56.7 Å². The lowest BCUT2D eigenvalue weighted by Gasteiger charge is -2.21. The largest absolute Gasteiger partial charge is 0.172 e.